The molecule has 0 heterocycles. The molecule has 4 heteroatoms. The first kappa shape index (κ1) is 12.2. The van der Waals surface area contributed by atoms with Crippen molar-refractivity contribution in [3.8, 4) is 12.3 Å². The van der Waals surface area contributed by atoms with Crippen LogP contribution in [0.1, 0.15) is 17.3 Å². The van der Waals surface area contributed by atoms with E-state index in [1.165, 1.54) is 0 Å². The van der Waals surface area contributed by atoms with Crippen LogP contribution < -0.4 is 5.32 Å². The minimum Gasteiger partial charge on any atom is -0.339 e. The van der Waals surface area contributed by atoms with Crippen molar-refractivity contribution < 1.29 is 4.79 Å². The van der Waals surface area contributed by atoms with E-state index in [-0.39, 0.29) is 11.9 Å². The number of halogens is 1. The summed E-state index contributed by atoms with van der Waals surface area (Å²) < 4.78 is 0.883. The number of amides is 1. The van der Waals surface area contributed by atoms with Gasteiger partial charge in [-0.2, -0.15) is 0 Å². The van der Waals surface area contributed by atoms with Gasteiger partial charge in [0, 0.05) is 9.37 Å². The molecule has 0 spiro atoms. The van der Waals surface area contributed by atoms with Crippen molar-refractivity contribution in [3.63, 3.8) is 0 Å². The van der Waals surface area contributed by atoms with Crippen LogP contribution in [-0.4, -0.2) is 11.9 Å². The van der Waals surface area contributed by atoms with Crippen LogP contribution in [0.25, 0.3) is 0 Å². The summed E-state index contributed by atoms with van der Waals surface area (Å²) in [6, 6.07) is 4.97. The maximum absolute atomic E-state index is 11.7. The van der Waals surface area contributed by atoms with Crippen molar-refractivity contribution in [3.05, 3.63) is 28.2 Å². The van der Waals surface area contributed by atoms with Gasteiger partial charge in [-0.3, -0.25) is 4.79 Å². The van der Waals surface area contributed by atoms with Gasteiger partial charge in [-0.15, -0.1) is 19.1 Å². The highest BCUT2D eigenvalue weighted by molar-refractivity contribution is 9.10. The first-order valence-corrected chi connectivity index (χ1v) is 5.54. The van der Waals surface area contributed by atoms with E-state index in [2.05, 4.69) is 39.8 Å². The number of hydrogen-bond acceptors (Lipinski definition) is 2. The normalized spacial score (nSPS) is 11.6. The fourth-order valence-corrected chi connectivity index (χ4v) is 1.87. The van der Waals surface area contributed by atoms with Crippen LogP contribution in [0.15, 0.2) is 27.6 Å². The number of rotatable bonds is 2. The molecule has 78 valence electrons. The van der Waals surface area contributed by atoms with Crippen LogP contribution in [0.5, 0.6) is 0 Å². The lowest BCUT2D eigenvalue weighted by Gasteiger charge is -2.09. The van der Waals surface area contributed by atoms with E-state index in [9.17, 15) is 4.79 Å². The van der Waals surface area contributed by atoms with Crippen LogP contribution in [0.3, 0.4) is 0 Å². The summed E-state index contributed by atoms with van der Waals surface area (Å²) in [5.74, 6) is 2.22. The highest BCUT2D eigenvalue weighted by Gasteiger charge is 2.10. The zero-order valence-electron chi connectivity index (χ0n) is 8.12. The van der Waals surface area contributed by atoms with Crippen molar-refractivity contribution in [2.45, 2.75) is 17.9 Å². The molecule has 0 saturated carbocycles. The molecule has 0 saturated heterocycles. The van der Waals surface area contributed by atoms with Crippen LogP contribution in [-0.2, 0) is 0 Å². The SMILES string of the molecule is C#CC(C)NC(=O)c1ccc(Br)cc1S. The van der Waals surface area contributed by atoms with E-state index in [4.69, 9.17) is 6.42 Å². The zero-order valence-corrected chi connectivity index (χ0v) is 10.6. The summed E-state index contributed by atoms with van der Waals surface area (Å²) >= 11 is 7.51. The van der Waals surface area contributed by atoms with Gasteiger partial charge >= 0.3 is 0 Å². The van der Waals surface area contributed by atoms with E-state index in [1.54, 1.807) is 25.1 Å². The molecule has 2 nitrogen and oxygen atoms in total. The molecule has 1 amide bonds. The Balaban J connectivity index is 2.88. The van der Waals surface area contributed by atoms with Gasteiger partial charge in [-0.1, -0.05) is 21.9 Å². The third-order valence-electron chi connectivity index (χ3n) is 1.80. The number of nitrogens with one attached hydrogen (secondary N) is 1. The Morgan fingerprint density at radius 2 is 2.33 bits per heavy atom. The average molecular weight is 284 g/mol. The Morgan fingerprint density at radius 1 is 1.67 bits per heavy atom. The van der Waals surface area contributed by atoms with E-state index >= 15 is 0 Å². The number of carbonyl (C=O) groups excluding carboxylic acids is 1. The van der Waals surface area contributed by atoms with Crippen molar-refractivity contribution in [2.75, 3.05) is 0 Å². The lowest BCUT2D eigenvalue weighted by molar-refractivity contribution is 0.0945. The fraction of sp³-hybridized carbons (Fsp3) is 0.182. The third-order valence-corrected chi connectivity index (χ3v) is 2.67. The molecule has 15 heavy (non-hydrogen) atoms. The predicted molar refractivity (Wildman–Crippen MR) is 67.2 cm³/mol. The van der Waals surface area contributed by atoms with Crippen LogP contribution in [0.2, 0.25) is 0 Å². The molecule has 1 aromatic carbocycles. The fourth-order valence-electron chi connectivity index (χ4n) is 1.01. The Labute approximate surface area is 103 Å². The second-order valence-corrected chi connectivity index (χ2v) is 4.42. The number of hydrogen-bond donors (Lipinski definition) is 2. The lowest BCUT2D eigenvalue weighted by Crippen LogP contribution is -2.31. The number of carbonyl (C=O) groups is 1. The van der Waals surface area contributed by atoms with Gasteiger partial charge in [0.1, 0.15) is 0 Å². The molecule has 1 atom stereocenters. The van der Waals surface area contributed by atoms with E-state index in [0.29, 0.717) is 10.5 Å². The summed E-state index contributed by atoms with van der Waals surface area (Å²) in [6.45, 7) is 1.74. The topological polar surface area (TPSA) is 29.1 Å². The first-order chi connectivity index (χ1) is 7.04. The summed E-state index contributed by atoms with van der Waals surface area (Å²) in [7, 11) is 0. The van der Waals surface area contributed by atoms with Crippen molar-refractivity contribution >= 4 is 34.5 Å². The van der Waals surface area contributed by atoms with Gasteiger partial charge in [0.25, 0.3) is 5.91 Å². The molecule has 0 bridgehead atoms. The highest BCUT2D eigenvalue weighted by atomic mass is 79.9. The molecule has 1 rings (SSSR count). The van der Waals surface area contributed by atoms with Gasteiger partial charge in [0.2, 0.25) is 0 Å². The molecule has 0 fully saturated rings. The smallest absolute Gasteiger partial charge is 0.253 e. The van der Waals surface area contributed by atoms with E-state index in [0.717, 1.165) is 4.47 Å². The Hall–Kier alpha value is -0.920. The van der Waals surface area contributed by atoms with Crippen molar-refractivity contribution in [1.82, 2.24) is 5.32 Å². The van der Waals surface area contributed by atoms with Crippen molar-refractivity contribution in [2.24, 2.45) is 0 Å². The Bertz CT molecular complexity index is 425. The average Bonchev–Trinajstić information content (AvgIpc) is 2.17. The summed E-state index contributed by atoms with van der Waals surface area (Å²) in [4.78, 5) is 12.3. The van der Waals surface area contributed by atoms with Gasteiger partial charge < -0.3 is 5.32 Å². The van der Waals surface area contributed by atoms with Crippen LogP contribution >= 0.6 is 28.6 Å². The monoisotopic (exact) mass is 283 g/mol. The van der Waals surface area contributed by atoms with Crippen LogP contribution in [0, 0.1) is 12.3 Å². The van der Waals surface area contributed by atoms with Crippen LogP contribution in [0.4, 0.5) is 0 Å². The van der Waals surface area contributed by atoms with E-state index in [1.807, 2.05) is 0 Å². The standard InChI is InChI=1S/C11H10BrNOS/c1-3-7(2)13-11(14)9-5-4-8(12)6-10(9)15/h1,4-7,15H,2H3,(H,13,14). The lowest BCUT2D eigenvalue weighted by atomic mass is 10.2. The maximum Gasteiger partial charge on any atom is 0.253 e. The summed E-state index contributed by atoms with van der Waals surface area (Å²) in [6.07, 6.45) is 5.17. The molecule has 0 radical (unpaired) electrons. The molecule has 0 aromatic heterocycles. The highest BCUT2D eigenvalue weighted by Crippen LogP contribution is 2.19. The molecule has 0 aliphatic carbocycles. The van der Waals surface area contributed by atoms with Gasteiger partial charge in [0.05, 0.1) is 11.6 Å². The molecule has 1 aromatic rings. The molecular weight excluding hydrogens is 274 g/mol. The quantitative estimate of drug-likeness (QED) is 0.634. The van der Waals surface area contributed by atoms with E-state index < -0.39 is 0 Å². The minimum atomic E-state index is -0.283. The largest absolute Gasteiger partial charge is 0.339 e. The molecular formula is C11H10BrNOS. The third kappa shape index (κ3) is 3.29. The Morgan fingerprint density at radius 3 is 2.87 bits per heavy atom. The van der Waals surface area contributed by atoms with Gasteiger partial charge in [-0.05, 0) is 25.1 Å². The molecule has 0 aliphatic heterocycles. The number of benzene rings is 1. The zero-order chi connectivity index (χ0) is 11.4. The first-order valence-electron chi connectivity index (χ1n) is 4.30. The number of thiol groups is 1. The van der Waals surface area contributed by atoms with Gasteiger partial charge in [0.15, 0.2) is 0 Å². The second kappa shape index (κ2) is 5.24. The van der Waals surface area contributed by atoms with Crippen molar-refractivity contribution in [1.29, 1.82) is 0 Å². The second-order valence-electron chi connectivity index (χ2n) is 3.02. The molecule has 1 unspecified atom stereocenters. The summed E-state index contributed by atoms with van der Waals surface area (Å²) in [5.41, 5.74) is 0.517. The molecule has 1 N–H and O–H groups in total. The Kier molecular flexibility index (Phi) is 4.25. The summed E-state index contributed by atoms with van der Waals surface area (Å²) in [5, 5.41) is 2.67. The predicted octanol–water partition coefficient (Wildman–Crippen LogP) is 2.49. The molecule has 0 aliphatic rings. The maximum atomic E-state index is 11.7. The van der Waals surface area contributed by atoms with Gasteiger partial charge in [-0.25, -0.2) is 0 Å². The minimum absolute atomic E-state index is 0.210. The number of terminal acetylenes is 1.